The van der Waals surface area contributed by atoms with E-state index in [0.29, 0.717) is 17.2 Å². The lowest BCUT2D eigenvalue weighted by Gasteiger charge is -2.14. The molecule has 0 atom stereocenters. The fourth-order valence-electron chi connectivity index (χ4n) is 3.67. The molecule has 0 bridgehead atoms. The maximum Gasteiger partial charge on any atom is 0.417 e. The van der Waals surface area contributed by atoms with Crippen LogP contribution < -0.4 is 10.9 Å². The Labute approximate surface area is 185 Å². The zero-order valence-electron chi connectivity index (χ0n) is 17.4. The molecule has 33 heavy (non-hydrogen) atoms. The van der Waals surface area contributed by atoms with E-state index in [-0.39, 0.29) is 23.3 Å². The molecule has 170 valence electrons. The van der Waals surface area contributed by atoms with Crippen molar-refractivity contribution < 1.29 is 22.4 Å². The summed E-state index contributed by atoms with van der Waals surface area (Å²) in [6, 6.07) is 14.4. The number of fused-ring (bicyclic) bond motifs is 1. The van der Waals surface area contributed by atoms with E-state index >= 15 is 0 Å². The van der Waals surface area contributed by atoms with Crippen molar-refractivity contribution in [2.45, 2.75) is 19.3 Å². The van der Waals surface area contributed by atoms with E-state index in [9.17, 15) is 27.2 Å². The number of alkyl halides is 3. The molecule has 4 rings (SSSR count). The van der Waals surface area contributed by atoms with Crippen LogP contribution in [0, 0.1) is 5.82 Å². The number of carbonyl (C=O) groups excluding carboxylic acids is 1. The number of carbonyl (C=O) groups is 1. The topological polar surface area (TPSA) is 68.9 Å². The third-order valence-electron chi connectivity index (χ3n) is 5.11. The van der Waals surface area contributed by atoms with E-state index in [4.69, 9.17) is 0 Å². The summed E-state index contributed by atoms with van der Waals surface area (Å²) in [4.78, 5) is 25.2. The summed E-state index contributed by atoms with van der Waals surface area (Å²) in [6.45, 7) is -0.535. The Morgan fingerprint density at radius 3 is 2.45 bits per heavy atom. The van der Waals surface area contributed by atoms with Gasteiger partial charge < -0.3 is 5.32 Å². The van der Waals surface area contributed by atoms with Gasteiger partial charge in [0, 0.05) is 25.2 Å². The Kier molecular flexibility index (Phi) is 5.75. The van der Waals surface area contributed by atoms with Crippen LogP contribution in [0.5, 0.6) is 0 Å². The quantitative estimate of drug-likeness (QED) is 0.462. The van der Waals surface area contributed by atoms with Crippen LogP contribution in [0.15, 0.2) is 65.5 Å². The lowest BCUT2D eigenvalue weighted by molar-refractivity contribution is -0.136. The van der Waals surface area contributed by atoms with E-state index in [1.54, 1.807) is 36.4 Å². The minimum atomic E-state index is -4.80. The highest BCUT2D eigenvalue weighted by atomic mass is 19.4. The number of benzene rings is 2. The van der Waals surface area contributed by atoms with E-state index < -0.39 is 35.6 Å². The lowest BCUT2D eigenvalue weighted by Crippen LogP contribution is -2.33. The number of pyridine rings is 1. The third kappa shape index (κ3) is 4.50. The van der Waals surface area contributed by atoms with Gasteiger partial charge in [-0.2, -0.15) is 18.3 Å². The Morgan fingerprint density at radius 1 is 1.06 bits per heavy atom. The number of rotatable bonds is 5. The second-order valence-electron chi connectivity index (χ2n) is 7.42. The molecule has 0 saturated carbocycles. The second-order valence-corrected chi connectivity index (χ2v) is 7.42. The van der Waals surface area contributed by atoms with Crippen LogP contribution in [-0.4, -0.2) is 20.3 Å². The maximum atomic E-state index is 13.8. The average Bonchev–Trinajstić information content (AvgIpc) is 3.11. The number of aryl methyl sites for hydroxylation is 1. The van der Waals surface area contributed by atoms with Gasteiger partial charge in [-0.3, -0.25) is 18.8 Å². The Hall–Kier alpha value is -3.95. The summed E-state index contributed by atoms with van der Waals surface area (Å²) < 4.78 is 57.0. The number of hydrogen-bond donors (Lipinski definition) is 1. The smallest absolute Gasteiger partial charge is 0.350 e. The molecule has 6 nitrogen and oxygen atoms in total. The number of halogens is 4. The van der Waals surface area contributed by atoms with E-state index in [1.165, 1.54) is 25.2 Å². The largest absolute Gasteiger partial charge is 0.417 e. The Balaban J connectivity index is 1.77. The zero-order valence-corrected chi connectivity index (χ0v) is 17.4. The Morgan fingerprint density at radius 2 is 1.79 bits per heavy atom. The first-order chi connectivity index (χ1) is 15.6. The molecule has 0 fully saturated rings. The van der Waals surface area contributed by atoms with Crippen molar-refractivity contribution in [1.29, 1.82) is 0 Å². The van der Waals surface area contributed by atoms with Crippen molar-refractivity contribution in [3.8, 4) is 11.3 Å². The highest BCUT2D eigenvalue weighted by Crippen LogP contribution is 2.38. The fourth-order valence-corrected chi connectivity index (χ4v) is 3.67. The van der Waals surface area contributed by atoms with Crippen molar-refractivity contribution in [2.24, 2.45) is 7.05 Å². The van der Waals surface area contributed by atoms with Gasteiger partial charge in [-0.05, 0) is 17.7 Å². The molecule has 0 spiro atoms. The van der Waals surface area contributed by atoms with Crippen molar-refractivity contribution in [2.75, 3.05) is 0 Å². The summed E-state index contributed by atoms with van der Waals surface area (Å²) >= 11 is 0. The van der Waals surface area contributed by atoms with Crippen LogP contribution in [0.1, 0.15) is 11.1 Å². The molecule has 2 heterocycles. The van der Waals surface area contributed by atoms with E-state index in [0.717, 1.165) is 9.25 Å². The highest BCUT2D eigenvalue weighted by molar-refractivity contribution is 5.95. The zero-order chi connectivity index (χ0) is 23.8. The average molecular weight is 458 g/mol. The van der Waals surface area contributed by atoms with Gasteiger partial charge in [0.2, 0.25) is 5.91 Å². The van der Waals surface area contributed by atoms with Crippen molar-refractivity contribution in [3.05, 3.63) is 88.0 Å². The van der Waals surface area contributed by atoms with Crippen LogP contribution >= 0.6 is 0 Å². The molecule has 4 aromatic rings. The van der Waals surface area contributed by atoms with Crippen LogP contribution in [-0.2, 0) is 31.1 Å². The maximum absolute atomic E-state index is 13.8. The van der Waals surface area contributed by atoms with Crippen LogP contribution in [0.3, 0.4) is 0 Å². The summed E-state index contributed by atoms with van der Waals surface area (Å²) in [5.41, 5.74) is -1.25. The first-order valence-corrected chi connectivity index (χ1v) is 9.89. The van der Waals surface area contributed by atoms with Gasteiger partial charge in [-0.15, -0.1) is 0 Å². The fraction of sp³-hybridized carbons (Fsp3) is 0.174. The molecular weight excluding hydrogens is 440 g/mol. The molecule has 0 saturated heterocycles. The highest BCUT2D eigenvalue weighted by Gasteiger charge is 2.37. The van der Waals surface area contributed by atoms with Crippen LogP contribution in [0.4, 0.5) is 17.6 Å². The molecule has 0 unspecified atom stereocenters. The lowest BCUT2D eigenvalue weighted by atomic mass is 10.0. The van der Waals surface area contributed by atoms with Gasteiger partial charge in [0.15, 0.2) is 0 Å². The molecule has 2 aromatic heterocycles. The molecule has 1 N–H and O–H groups in total. The number of amides is 1. The van der Waals surface area contributed by atoms with Gasteiger partial charge in [0.25, 0.3) is 5.56 Å². The van der Waals surface area contributed by atoms with E-state index in [1.807, 2.05) is 0 Å². The first kappa shape index (κ1) is 22.3. The van der Waals surface area contributed by atoms with Crippen molar-refractivity contribution >= 4 is 16.9 Å². The summed E-state index contributed by atoms with van der Waals surface area (Å²) in [7, 11) is 1.41. The summed E-state index contributed by atoms with van der Waals surface area (Å²) in [5, 5.41) is 6.51. The molecular formula is C23H18F4N4O2. The minimum absolute atomic E-state index is 0.00419. The Bertz CT molecular complexity index is 1390. The van der Waals surface area contributed by atoms with Gasteiger partial charge in [0.05, 0.1) is 10.9 Å². The molecule has 0 aliphatic rings. The summed E-state index contributed by atoms with van der Waals surface area (Å²) in [5.74, 6) is -1.09. The van der Waals surface area contributed by atoms with E-state index in [2.05, 4.69) is 10.4 Å². The number of nitrogens with one attached hydrogen (secondary N) is 1. The SMILES string of the molecule is Cn1nc(-c2ccccc2)c2c(C(F)(F)F)cc(=O)n(CC(=O)NCc3cccc(F)c3)c21. The molecule has 0 radical (unpaired) electrons. The molecule has 0 aliphatic carbocycles. The standard InChI is InChI=1S/C23H18F4N4O2/c1-30-22-20(21(29-30)15-7-3-2-4-8-15)17(23(25,26)27)11-19(33)31(22)13-18(32)28-12-14-6-5-9-16(24)10-14/h2-11H,12-13H2,1H3,(H,28,32). The molecule has 1 amide bonds. The normalized spacial score (nSPS) is 11.7. The van der Waals surface area contributed by atoms with Gasteiger partial charge in [0.1, 0.15) is 23.7 Å². The van der Waals surface area contributed by atoms with Crippen LogP contribution in [0.2, 0.25) is 0 Å². The predicted octanol–water partition coefficient (Wildman–Crippen LogP) is 3.88. The van der Waals surface area contributed by atoms with Crippen molar-refractivity contribution in [1.82, 2.24) is 19.7 Å². The number of hydrogen-bond acceptors (Lipinski definition) is 3. The predicted molar refractivity (Wildman–Crippen MR) is 114 cm³/mol. The second kappa shape index (κ2) is 8.53. The van der Waals surface area contributed by atoms with Gasteiger partial charge >= 0.3 is 6.18 Å². The minimum Gasteiger partial charge on any atom is -0.350 e. The number of aromatic nitrogens is 3. The molecule has 2 aromatic carbocycles. The van der Waals surface area contributed by atoms with Crippen LogP contribution in [0.25, 0.3) is 22.3 Å². The third-order valence-corrected chi connectivity index (χ3v) is 5.11. The van der Waals surface area contributed by atoms with Gasteiger partial charge in [-0.1, -0.05) is 42.5 Å². The van der Waals surface area contributed by atoms with Crippen molar-refractivity contribution in [3.63, 3.8) is 0 Å². The number of nitrogens with zero attached hydrogens (tertiary/aromatic N) is 3. The van der Waals surface area contributed by atoms with Gasteiger partial charge in [-0.25, -0.2) is 4.39 Å². The summed E-state index contributed by atoms with van der Waals surface area (Å²) in [6.07, 6.45) is -4.80. The monoisotopic (exact) mass is 458 g/mol. The first-order valence-electron chi connectivity index (χ1n) is 9.89. The molecule has 0 aliphatic heterocycles. The molecule has 10 heteroatoms.